The summed E-state index contributed by atoms with van der Waals surface area (Å²) in [6, 6.07) is 0.411. The minimum Gasteiger partial charge on any atom is -0.353 e. The van der Waals surface area contributed by atoms with Crippen LogP contribution in [0.25, 0.3) is 0 Å². The molecular weight excluding hydrogens is 248 g/mol. The molecule has 3 saturated carbocycles. The van der Waals surface area contributed by atoms with Gasteiger partial charge in [0.25, 0.3) is 0 Å². The van der Waals surface area contributed by atoms with Crippen molar-refractivity contribution in [3.05, 3.63) is 0 Å². The summed E-state index contributed by atoms with van der Waals surface area (Å²) in [6.45, 7) is 7.82. The molecule has 114 valence electrons. The lowest BCUT2D eigenvalue weighted by Gasteiger charge is -2.40. The number of hydrogen-bond donors (Lipinski definition) is 2. The Bertz CT molecular complexity index is 410. The molecule has 0 radical (unpaired) electrons. The maximum Gasteiger partial charge on any atom is 0.227 e. The molecule has 20 heavy (non-hydrogen) atoms. The van der Waals surface area contributed by atoms with E-state index in [1.165, 1.54) is 32.1 Å². The lowest BCUT2D eigenvalue weighted by Crippen LogP contribution is -2.58. The molecule has 0 aliphatic heterocycles. The molecule has 0 spiro atoms. The van der Waals surface area contributed by atoms with Gasteiger partial charge in [0.2, 0.25) is 5.91 Å². The van der Waals surface area contributed by atoms with Crippen LogP contribution in [0.5, 0.6) is 0 Å². The monoisotopic (exact) mass is 278 g/mol. The number of carbonyl (C=O) groups excluding carboxylic acids is 1. The Morgan fingerprint density at radius 1 is 1.05 bits per heavy atom. The number of rotatable bonds is 3. The Hall–Kier alpha value is -0.570. The molecule has 3 rings (SSSR count). The highest BCUT2D eigenvalue weighted by Gasteiger charge is 2.54. The first-order valence-electron chi connectivity index (χ1n) is 8.31. The number of nitrogens with one attached hydrogen (secondary N) is 1. The fourth-order valence-electron chi connectivity index (χ4n) is 4.88. The Kier molecular flexibility index (Phi) is 3.20. The smallest absolute Gasteiger partial charge is 0.227 e. The van der Waals surface area contributed by atoms with Gasteiger partial charge in [0.05, 0.1) is 5.41 Å². The number of hydrogen-bond acceptors (Lipinski definition) is 2. The van der Waals surface area contributed by atoms with E-state index in [0.717, 1.165) is 23.7 Å². The van der Waals surface area contributed by atoms with Gasteiger partial charge in [0.15, 0.2) is 0 Å². The van der Waals surface area contributed by atoms with Crippen molar-refractivity contribution in [1.82, 2.24) is 5.32 Å². The van der Waals surface area contributed by atoms with Gasteiger partial charge in [-0.25, -0.2) is 0 Å². The van der Waals surface area contributed by atoms with Gasteiger partial charge in [-0.3, -0.25) is 4.79 Å². The maximum absolute atomic E-state index is 12.6. The van der Waals surface area contributed by atoms with Crippen LogP contribution in [-0.4, -0.2) is 17.5 Å². The van der Waals surface area contributed by atoms with Crippen LogP contribution in [0.15, 0.2) is 0 Å². The van der Waals surface area contributed by atoms with E-state index in [4.69, 9.17) is 5.73 Å². The van der Waals surface area contributed by atoms with Crippen LogP contribution in [0, 0.1) is 29.1 Å². The quantitative estimate of drug-likeness (QED) is 0.834. The van der Waals surface area contributed by atoms with Crippen LogP contribution < -0.4 is 11.1 Å². The summed E-state index contributed by atoms with van der Waals surface area (Å²) in [5.41, 5.74) is 5.17. The number of nitrogens with two attached hydrogens (primary N) is 1. The van der Waals surface area contributed by atoms with E-state index in [9.17, 15) is 4.79 Å². The molecule has 2 bridgehead atoms. The third kappa shape index (κ3) is 2.01. The summed E-state index contributed by atoms with van der Waals surface area (Å²) in [5.74, 6) is 3.64. The predicted octanol–water partition coefficient (Wildman–Crippen LogP) is 2.69. The second-order valence-electron chi connectivity index (χ2n) is 8.58. The maximum atomic E-state index is 12.6. The molecule has 3 nitrogen and oxygen atoms in total. The predicted molar refractivity (Wildman–Crippen MR) is 81.0 cm³/mol. The average Bonchev–Trinajstić information content (AvgIpc) is 2.97. The summed E-state index contributed by atoms with van der Waals surface area (Å²) in [4.78, 5) is 12.6. The molecule has 3 aliphatic carbocycles. The zero-order valence-electron chi connectivity index (χ0n) is 13.4. The molecule has 5 unspecified atom stereocenters. The van der Waals surface area contributed by atoms with E-state index in [1.54, 1.807) is 0 Å². The largest absolute Gasteiger partial charge is 0.353 e. The Labute approximate surface area is 123 Å². The standard InChI is InChI=1S/C17H30N2O/c1-16(2,17(3,4)18)15(20)19-14-9-10-8-13(14)12-7-5-6-11(10)12/h10-14H,5-9,18H2,1-4H3,(H,19,20). The van der Waals surface area contributed by atoms with Crippen LogP contribution in [0.3, 0.4) is 0 Å². The minimum absolute atomic E-state index is 0.136. The first kappa shape index (κ1) is 14.4. The number of carbonyl (C=O) groups is 1. The van der Waals surface area contributed by atoms with Crippen molar-refractivity contribution in [1.29, 1.82) is 0 Å². The molecule has 3 fully saturated rings. The molecule has 1 amide bonds. The van der Waals surface area contributed by atoms with E-state index in [0.29, 0.717) is 6.04 Å². The van der Waals surface area contributed by atoms with E-state index in [-0.39, 0.29) is 5.91 Å². The van der Waals surface area contributed by atoms with Crippen molar-refractivity contribution in [2.45, 2.75) is 71.4 Å². The Balaban J connectivity index is 1.67. The van der Waals surface area contributed by atoms with Gasteiger partial charge in [0, 0.05) is 11.6 Å². The molecule has 0 aromatic carbocycles. The topological polar surface area (TPSA) is 55.1 Å². The van der Waals surface area contributed by atoms with Crippen molar-refractivity contribution in [2.24, 2.45) is 34.8 Å². The van der Waals surface area contributed by atoms with E-state index in [1.807, 2.05) is 27.7 Å². The summed E-state index contributed by atoms with van der Waals surface area (Å²) in [6.07, 6.45) is 6.80. The zero-order valence-corrected chi connectivity index (χ0v) is 13.4. The van der Waals surface area contributed by atoms with Crippen molar-refractivity contribution in [3.8, 4) is 0 Å². The van der Waals surface area contributed by atoms with Crippen LogP contribution in [0.2, 0.25) is 0 Å². The average molecular weight is 278 g/mol. The number of fused-ring (bicyclic) bond motifs is 5. The van der Waals surface area contributed by atoms with Gasteiger partial charge in [-0.05, 0) is 77.0 Å². The minimum atomic E-state index is -0.524. The van der Waals surface area contributed by atoms with E-state index in [2.05, 4.69) is 5.32 Å². The SMILES string of the molecule is CC(C)(N)C(C)(C)C(=O)NC1CC2CC1C1CCCC21. The van der Waals surface area contributed by atoms with Crippen molar-refractivity contribution in [3.63, 3.8) is 0 Å². The highest BCUT2D eigenvalue weighted by molar-refractivity contribution is 5.83. The molecule has 3 aliphatic rings. The second-order valence-corrected chi connectivity index (χ2v) is 8.58. The summed E-state index contributed by atoms with van der Waals surface area (Å²) < 4.78 is 0. The normalized spacial score (nSPS) is 40.0. The Morgan fingerprint density at radius 3 is 2.35 bits per heavy atom. The fourth-order valence-corrected chi connectivity index (χ4v) is 4.88. The fraction of sp³-hybridized carbons (Fsp3) is 0.941. The molecule has 3 heteroatoms. The lowest BCUT2D eigenvalue weighted by atomic mass is 9.73. The van der Waals surface area contributed by atoms with Crippen LogP contribution in [0.1, 0.15) is 59.8 Å². The van der Waals surface area contributed by atoms with Crippen molar-refractivity contribution in [2.75, 3.05) is 0 Å². The molecule has 3 N–H and O–H groups in total. The lowest BCUT2D eigenvalue weighted by molar-refractivity contribution is -0.133. The summed E-state index contributed by atoms with van der Waals surface area (Å²) in [7, 11) is 0. The van der Waals surface area contributed by atoms with E-state index < -0.39 is 11.0 Å². The first-order chi connectivity index (χ1) is 9.22. The molecule has 0 saturated heterocycles. The number of amides is 1. The van der Waals surface area contributed by atoms with Crippen LogP contribution in [0.4, 0.5) is 0 Å². The summed E-state index contributed by atoms with van der Waals surface area (Å²) >= 11 is 0. The molecule has 0 aromatic rings. The van der Waals surface area contributed by atoms with Gasteiger partial charge in [0.1, 0.15) is 0 Å². The van der Waals surface area contributed by atoms with Crippen molar-refractivity contribution < 1.29 is 4.79 Å². The highest BCUT2D eigenvalue weighted by atomic mass is 16.2. The van der Waals surface area contributed by atoms with Crippen LogP contribution >= 0.6 is 0 Å². The third-order valence-corrected chi connectivity index (χ3v) is 6.92. The van der Waals surface area contributed by atoms with Gasteiger partial charge in [-0.2, -0.15) is 0 Å². The van der Waals surface area contributed by atoms with Gasteiger partial charge >= 0.3 is 0 Å². The van der Waals surface area contributed by atoms with Crippen molar-refractivity contribution >= 4 is 5.91 Å². The molecule has 5 atom stereocenters. The first-order valence-corrected chi connectivity index (χ1v) is 8.31. The second kappa shape index (κ2) is 4.46. The zero-order chi connectivity index (χ0) is 14.7. The molecular formula is C17H30N2O. The van der Waals surface area contributed by atoms with Gasteiger partial charge < -0.3 is 11.1 Å². The molecule has 0 aromatic heterocycles. The Morgan fingerprint density at radius 2 is 1.70 bits per heavy atom. The summed E-state index contributed by atoms with van der Waals surface area (Å²) in [5, 5.41) is 3.35. The third-order valence-electron chi connectivity index (χ3n) is 6.92. The molecule has 0 heterocycles. The van der Waals surface area contributed by atoms with Crippen LogP contribution in [-0.2, 0) is 4.79 Å². The van der Waals surface area contributed by atoms with Gasteiger partial charge in [-0.1, -0.05) is 6.42 Å². The highest BCUT2D eigenvalue weighted by Crippen LogP contribution is 2.58. The van der Waals surface area contributed by atoms with Gasteiger partial charge in [-0.15, -0.1) is 0 Å². The van der Waals surface area contributed by atoms with E-state index >= 15 is 0 Å².